The normalized spacial score (nSPS) is 19.9. The van der Waals surface area contributed by atoms with E-state index in [1.54, 1.807) is 0 Å². The standard InChI is InChI=1S/C20H21N/c1-13-8-9-15-16(12-21-19(15)10-13)18-11-14-6-4-5-7-17(14)20(18,2)3/h4-10,12,18,21H,11H2,1-3H3. The molecular weight excluding hydrogens is 254 g/mol. The van der Waals surface area contributed by atoms with Gasteiger partial charge in [0, 0.05) is 17.1 Å². The van der Waals surface area contributed by atoms with Gasteiger partial charge >= 0.3 is 0 Å². The van der Waals surface area contributed by atoms with Crippen LogP contribution in [0.2, 0.25) is 0 Å². The molecule has 0 spiro atoms. The summed E-state index contributed by atoms with van der Waals surface area (Å²) in [4.78, 5) is 3.47. The van der Waals surface area contributed by atoms with E-state index in [1.165, 1.54) is 33.2 Å². The van der Waals surface area contributed by atoms with Crippen molar-refractivity contribution in [2.45, 2.75) is 38.5 Å². The lowest BCUT2D eigenvalue weighted by atomic mass is 9.75. The number of hydrogen-bond acceptors (Lipinski definition) is 0. The summed E-state index contributed by atoms with van der Waals surface area (Å²) in [7, 11) is 0. The van der Waals surface area contributed by atoms with Crippen LogP contribution in [-0.2, 0) is 11.8 Å². The highest BCUT2D eigenvalue weighted by molar-refractivity contribution is 5.84. The van der Waals surface area contributed by atoms with Gasteiger partial charge in [-0.15, -0.1) is 0 Å². The molecule has 0 saturated heterocycles. The van der Waals surface area contributed by atoms with Crippen LogP contribution in [0, 0.1) is 6.92 Å². The van der Waals surface area contributed by atoms with Gasteiger partial charge in [-0.2, -0.15) is 0 Å². The second kappa shape index (κ2) is 4.24. The van der Waals surface area contributed by atoms with Crippen molar-refractivity contribution in [2.24, 2.45) is 0 Å². The number of aromatic amines is 1. The molecule has 0 amide bonds. The summed E-state index contributed by atoms with van der Waals surface area (Å²) < 4.78 is 0. The smallest absolute Gasteiger partial charge is 0.0459 e. The zero-order valence-electron chi connectivity index (χ0n) is 12.9. The van der Waals surface area contributed by atoms with Gasteiger partial charge in [-0.25, -0.2) is 0 Å². The lowest BCUT2D eigenvalue weighted by molar-refractivity contribution is 0.450. The number of nitrogens with one attached hydrogen (secondary N) is 1. The average Bonchev–Trinajstić information content (AvgIpc) is 2.98. The van der Waals surface area contributed by atoms with Crippen molar-refractivity contribution in [3.8, 4) is 0 Å². The van der Waals surface area contributed by atoms with Crippen molar-refractivity contribution >= 4 is 10.9 Å². The fraction of sp³-hybridized carbons (Fsp3) is 0.300. The Hall–Kier alpha value is -2.02. The highest BCUT2D eigenvalue weighted by Crippen LogP contribution is 2.49. The molecule has 1 unspecified atom stereocenters. The van der Waals surface area contributed by atoms with Crippen molar-refractivity contribution in [3.63, 3.8) is 0 Å². The van der Waals surface area contributed by atoms with Crippen LogP contribution in [0.4, 0.5) is 0 Å². The summed E-state index contributed by atoms with van der Waals surface area (Å²) in [6.45, 7) is 6.92. The lowest BCUT2D eigenvalue weighted by Gasteiger charge is -2.28. The third-order valence-corrected chi connectivity index (χ3v) is 5.25. The van der Waals surface area contributed by atoms with E-state index in [-0.39, 0.29) is 5.41 Å². The molecule has 1 heteroatoms. The van der Waals surface area contributed by atoms with E-state index in [9.17, 15) is 0 Å². The Labute approximate surface area is 126 Å². The zero-order valence-corrected chi connectivity index (χ0v) is 12.9. The predicted octanol–water partition coefficient (Wildman–Crippen LogP) is 5.09. The molecule has 0 radical (unpaired) electrons. The Morgan fingerprint density at radius 1 is 1.10 bits per heavy atom. The highest BCUT2D eigenvalue weighted by Gasteiger charge is 2.40. The minimum absolute atomic E-state index is 0.191. The summed E-state index contributed by atoms with van der Waals surface area (Å²) in [6, 6.07) is 15.7. The Kier molecular flexibility index (Phi) is 2.56. The monoisotopic (exact) mass is 275 g/mol. The molecule has 1 nitrogen and oxygen atoms in total. The largest absolute Gasteiger partial charge is 0.361 e. The van der Waals surface area contributed by atoms with Gasteiger partial charge in [-0.1, -0.05) is 50.2 Å². The quantitative estimate of drug-likeness (QED) is 0.636. The minimum atomic E-state index is 0.191. The molecule has 4 rings (SSSR count). The van der Waals surface area contributed by atoms with Crippen molar-refractivity contribution < 1.29 is 0 Å². The van der Waals surface area contributed by atoms with E-state index in [2.05, 4.69) is 74.4 Å². The molecule has 1 atom stereocenters. The van der Waals surface area contributed by atoms with Gasteiger partial charge in [0.15, 0.2) is 0 Å². The summed E-state index contributed by atoms with van der Waals surface area (Å²) in [5.74, 6) is 0.548. The van der Waals surface area contributed by atoms with Gasteiger partial charge < -0.3 is 4.98 Å². The van der Waals surface area contributed by atoms with Gasteiger partial charge in [0.05, 0.1) is 0 Å². The molecule has 1 aliphatic rings. The van der Waals surface area contributed by atoms with Crippen LogP contribution >= 0.6 is 0 Å². The fourth-order valence-electron chi connectivity index (χ4n) is 4.04. The molecule has 3 aromatic rings. The summed E-state index contributed by atoms with van der Waals surface area (Å²) in [5, 5.41) is 1.38. The Morgan fingerprint density at radius 2 is 1.90 bits per heavy atom. The molecule has 2 aromatic carbocycles. The van der Waals surface area contributed by atoms with Crippen LogP contribution in [0.1, 0.15) is 42.0 Å². The second-order valence-corrected chi connectivity index (χ2v) is 6.93. The van der Waals surface area contributed by atoms with Crippen LogP contribution in [0.5, 0.6) is 0 Å². The first-order valence-corrected chi connectivity index (χ1v) is 7.73. The number of aromatic nitrogens is 1. The highest BCUT2D eigenvalue weighted by atomic mass is 14.7. The van der Waals surface area contributed by atoms with Crippen LogP contribution in [0.3, 0.4) is 0 Å². The molecule has 0 fully saturated rings. The topological polar surface area (TPSA) is 15.8 Å². The molecular formula is C20H21N. The Morgan fingerprint density at radius 3 is 2.71 bits per heavy atom. The molecule has 1 N–H and O–H groups in total. The fourth-order valence-corrected chi connectivity index (χ4v) is 4.04. The maximum absolute atomic E-state index is 3.47. The summed E-state index contributed by atoms with van der Waals surface area (Å²) in [5.41, 5.74) is 7.25. The van der Waals surface area contributed by atoms with E-state index >= 15 is 0 Å². The van der Waals surface area contributed by atoms with Crippen LogP contribution in [-0.4, -0.2) is 4.98 Å². The summed E-state index contributed by atoms with van der Waals surface area (Å²) in [6.07, 6.45) is 3.37. The van der Waals surface area contributed by atoms with Gasteiger partial charge in [-0.05, 0) is 53.0 Å². The van der Waals surface area contributed by atoms with E-state index in [1.807, 2.05) is 0 Å². The van der Waals surface area contributed by atoms with Crippen molar-refractivity contribution in [1.29, 1.82) is 0 Å². The second-order valence-electron chi connectivity index (χ2n) is 6.93. The maximum atomic E-state index is 3.47. The van der Waals surface area contributed by atoms with Gasteiger partial charge in [-0.3, -0.25) is 0 Å². The first-order valence-electron chi connectivity index (χ1n) is 7.73. The van der Waals surface area contributed by atoms with Crippen molar-refractivity contribution in [2.75, 3.05) is 0 Å². The molecule has 0 aliphatic heterocycles. The summed E-state index contributed by atoms with van der Waals surface area (Å²) >= 11 is 0. The number of hydrogen-bond donors (Lipinski definition) is 1. The number of fused-ring (bicyclic) bond motifs is 2. The van der Waals surface area contributed by atoms with Crippen LogP contribution < -0.4 is 0 Å². The number of H-pyrrole nitrogens is 1. The third-order valence-electron chi connectivity index (χ3n) is 5.25. The SMILES string of the molecule is Cc1ccc2c(C3Cc4ccccc4C3(C)C)c[nH]c2c1. The zero-order chi connectivity index (χ0) is 14.6. The van der Waals surface area contributed by atoms with Crippen LogP contribution in [0.25, 0.3) is 10.9 Å². The van der Waals surface area contributed by atoms with E-state index in [0.29, 0.717) is 5.92 Å². The Balaban J connectivity index is 1.87. The molecule has 0 saturated carbocycles. The van der Waals surface area contributed by atoms with Gasteiger partial charge in [0.1, 0.15) is 0 Å². The maximum Gasteiger partial charge on any atom is 0.0459 e. The van der Waals surface area contributed by atoms with Crippen molar-refractivity contribution in [1.82, 2.24) is 4.98 Å². The molecule has 21 heavy (non-hydrogen) atoms. The number of aryl methyl sites for hydroxylation is 1. The molecule has 1 heterocycles. The van der Waals surface area contributed by atoms with E-state index in [4.69, 9.17) is 0 Å². The first kappa shape index (κ1) is 12.7. The van der Waals surface area contributed by atoms with Gasteiger partial charge in [0.25, 0.3) is 0 Å². The Bertz CT molecular complexity index is 823. The van der Waals surface area contributed by atoms with E-state index < -0.39 is 0 Å². The molecule has 0 bridgehead atoms. The lowest BCUT2D eigenvalue weighted by Crippen LogP contribution is -2.22. The average molecular weight is 275 g/mol. The minimum Gasteiger partial charge on any atom is -0.361 e. The number of rotatable bonds is 1. The molecule has 106 valence electrons. The third kappa shape index (κ3) is 1.77. The van der Waals surface area contributed by atoms with E-state index in [0.717, 1.165) is 6.42 Å². The van der Waals surface area contributed by atoms with Crippen molar-refractivity contribution in [3.05, 3.63) is 70.9 Å². The number of benzene rings is 2. The first-order chi connectivity index (χ1) is 10.1. The molecule has 1 aliphatic carbocycles. The predicted molar refractivity (Wildman–Crippen MR) is 88.9 cm³/mol. The molecule has 1 aromatic heterocycles. The van der Waals surface area contributed by atoms with Crippen LogP contribution in [0.15, 0.2) is 48.7 Å². The van der Waals surface area contributed by atoms with Gasteiger partial charge in [0.2, 0.25) is 0 Å².